The van der Waals surface area contributed by atoms with Crippen molar-refractivity contribution in [3.05, 3.63) is 64.1 Å². The molecule has 8 heteroatoms. The molecule has 1 heterocycles. The standard InChI is InChI=1S/C20H19Cl2N3O3/c1-2-28-18(26)11-14-12-25(20(27)23-17-9-7-16(22)8-10-17)24-19(14)13-3-5-15(21)6-4-13/h3-10,14H,2,11-12H2,1H3,(H,23,27). The van der Waals surface area contributed by atoms with Crippen molar-refractivity contribution >= 4 is 46.6 Å². The topological polar surface area (TPSA) is 71.0 Å². The average Bonchev–Trinajstić information content (AvgIpc) is 3.08. The minimum Gasteiger partial charge on any atom is -0.466 e. The normalized spacial score (nSPS) is 15.9. The third kappa shape index (κ3) is 5.03. The lowest BCUT2D eigenvalue weighted by atomic mass is 9.94. The Morgan fingerprint density at radius 1 is 1.11 bits per heavy atom. The fourth-order valence-electron chi connectivity index (χ4n) is 2.89. The molecule has 0 aliphatic carbocycles. The highest BCUT2D eigenvalue weighted by Crippen LogP contribution is 2.25. The van der Waals surface area contributed by atoms with Gasteiger partial charge in [-0.25, -0.2) is 9.80 Å². The van der Waals surface area contributed by atoms with Gasteiger partial charge in [-0.3, -0.25) is 4.79 Å². The van der Waals surface area contributed by atoms with E-state index >= 15 is 0 Å². The molecule has 2 aromatic carbocycles. The van der Waals surface area contributed by atoms with Gasteiger partial charge in [0.25, 0.3) is 0 Å². The van der Waals surface area contributed by atoms with Crippen LogP contribution in [0, 0.1) is 5.92 Å². The minimum atomic E-state index is -0.389. The second kappa shape index (κ2) is 9.08. The van der Waals surface area contributed by atoms with Crippen molar-refractivity contribution in [1.29, 1.82) is 0 Å². The molecule has 2 aromatic rings. The highest BCUT2D eigenvalue weighted by molar-refractivity contribution is 6.31. The lowest BCUT2D eigenvalue weighted by Gasteiger charge is -2.15. The molecule has 0 fully saturated rings. The van der Waals surface area contributed by atoms with Gasteiger partial charge in [-0.05, 0) is 48.9 Å². The number of hydrogen-bond acceptors (Lipinski definition) is 4. The molecule has 0 spiro atoms. The quantitative estimate of drug-likeness (QED) is 0.706. The number of benzene rings is 2. The number of esters is 1. The van der Waals surface area contributed by atoms with E-state index in [1.807, 2.05) is 12.1 Å². The van der Waals surface area contributed by atoms with Crippen LogP contribution in [0.1, 0.15) is 18.9 Å². The first-order valence-electron chi connectivity index (χ1n) is 8.80. The van der Waals surface area contributed by atoms with E-state index in [-0.39, 0.29) is 30.9 Å². The van der Waals surface area contributed by atoms with Crippen molar-refractivity contribution in [1.82, 2.24) is 5.01 Å². The van der Waals surface area contributed by atoms with Gasteiger partial charge in [-0.15, -0.1) is 0 Å². The molecule has 1 unspecified atom stereocenters. The molecule has 2 amide bonds. The predicted molar refractivity (Wildman–Crippen MR) is 110 cm³/mol. The molecular formula is C20H19Cl2N3O3. The molecule has 146 valence electrons. The largest absolute Gasteiger partial charge is 0.466 e. The summed E-state index contributed by atoms with van der Waals surface area (Å²) >= 11 is 11.8. The summed E-state index contributed by atoms with van der Waals surface area (Å²) in [7, 11) is 0. The lowest BCUT2D eigenvalue weighted by molar-refractivity contribution is -0.143. The van der Waals surface area contributed by atoms with Crippen molar-refractivity contribution in [2.24, 2.45) is 11.0 Å². The van der Waals surface area contributed by atoms with E-state index in [4.69, 9.17) is 27.9 Å². The smallest absolute Gasteiger partial charge is 0.342 e. The Hall–Kier alpha value is -2.57. The summed E-state index contributed by atoms with van der Waals surface area (Å²) in [6.07, 6.45) is 0.139. The zero-order valence-corrected chi connectivity index (χ0v) is 16.7. The van der Waals surface area contributed by atoms with E-state index in [2.05, 4.69) is 10.4 Å². The summed E-state index contributed by atoms with van der Waals surface area (Å²) in [5, 5.41) is 9.73. The minimum absolute atomic E-state index is 0.139. The first-order chi connectivity index (χ1) is 13.5. The second-order valence-electron chi connectivity index (χ2n) is 6.22. The van der Waals surface area contributed by atoms with Crippen LogP contribution < -0.4 is 5.32 Å². The van der Waals surface area contributed by atoms with Gasteiger partial charge in [-0.1, -0.05) is 35.3 Å². The maximum Gasteiger partial charge on any atom is 0.342 e. The number of halogens is 2. The number of carbonyl (C=O) groups is 2. The van der Waals surface area contributed by atoms with Gasteiger partial charge in [0.1, 0.15) is 0 Å². The fraction of sp³-hybridized carbons (Fsp3) is 0.250. The van der Waals surface area contributed by atoms with Crippen LogP contribution in [0.3, 0.4) is 0 Å². The van der Waals surface area contributed by atoms with Crippen LogP contribution in [-0.2, 0) is 9.53 Å². The van der Waals surface area contributed by atoms with Crippen molar-refractivity contribution < 1.29 is 14.3 Å². The monoisotopic (exact) mass is 419 g/mol. The summed E-state index contributed by atoms with van der Waals surface area (Å²) < 4.78 is 5.06. The van der Waals surface area contributed by atoms with Gasteiger partial charge < -0.3 is 10.1 Å². The number of anilines is 1. The van der Waals surface area contributed by atoms with Gasteiger partial charge in [0.15, 0.2) is 0 Å². The SMILES string of the molecule is CCOC(=O)CC1CN(C(=O)Nc2ccc(Cl)cc2)N=C1c1ccc(Cl)cc1. The Morgan fingerprint density at radius 3 is 2.32 bits per heavy atom. The maximum atomic E-state index is 12.6. The second-order valence-corrected chi connectivity index (χ2v) is 7.09. The third-order valence-corrected chi connectivity index (χ3v) is 4.70. The third-order valence-electron chi connectivity index (χ3n) is 4.20. The highest BCUT2D eigenvalue weighted by atomic mass is 35.5. The molecule has 1 aliphatic rings. The van der Waals surface area contributed by atoms with Crippen molar-refractivity contribution in [3.63, 3.8) is 0 Å². The summed E-state index contributed by atoms with van der Waals surface area (Å²) in [6, 6.07) is 13.5. The van der Waals surface area contributed by atoms with E-state index in [1.165, 1.54) is 5.01 Å². The van der Waals surface area contributed by atoms with E-state index in [1.54, 1.807) is 43.3 Å². The summed E-state index contributed by atoms with van der Waals surface area (Å²) in [4.78, 5) is 24.6. The first-order valence-corrected chi connectivity index (χ1v) is 9.56. The van der Waals surface area contributed by atoms with Crippen LogP contribution in [0.25, 0.3) is 0 Å². The Labute approximate surface area is 173 Å². The van der Waals surface area contributed by atoms with Crippen LogP contribution in [0.4, 0.5) is 10.5 Å². The van der Waals surface area contributed by atoms with E-state index in [0.717, 1.165) is 5.56 Å². The highest BCUT2D eigenvalue weighted by Gasteiger charge is 2.33. The van der Waals surface area contributed by atoms with E-state index < -0.39 is 0 Å². The Bertz CT molecular complexity index is 883. The number of rotatable bonds is 5. The van der Waals surface area contributed by atoms with E-state index in [0.29, 0.717) is 28.1 Å². The Kier molecular flexibility index (Phi) is 6.54. The number of hydrogen-bond donors (Lipinski definition) is 1. The van der Waals surface area contributed by atoms with Gasteiger partial charge in [0.2, 0.25) is 0 Å². The molecule has 0 bridgehead atoms. The van der Waals surface area contributed by atoms with Crippen molar-refractivity contribution in [2.75, 3.05) is 18.5 Å². The molecule has 1 atom stereocenters. The number of ether oxygens (including phenoxy) is 1. The molecule has 0 saturated carbocycles. The number of hydrazone groups is 1. The van der Waals surface area contributed by atoms with Crippen molar-refractivity contribution in [3.8, 4) is 0 Å². The maximum absolute atomic E-state index is 12.6. The number of nitrogens with one attached hydrogen (secondary N) is 1. The fourth-order valence-corrected chi connectivity index (χ4v) is 3.15. The number of carbonyl (C=O) groups excluding carboxylic acids is 2. The zero-order chi connectivity index (χ0) is 20.1. The van der Waals surface area contributed by atoms with Crippen LogP contribution in [0.15, 0.2) is 53.6 Å². The lowest BCUT2D eigenvalue weighted by Crippen LogP contribution is -2.31. The van der Waals surface area contributed by atoms with Gasteiger partial charge in [0, 0.05) is 21.7 Å². The van der Waals surface area contributed by atoms with Gasteiger partial charge >= 0.3 is 12.0 Å². The molecule has 6 nitrogen and oxygen atoms in total. The summed E-state index contributed by atoms with van der Waals surface area (Å²) in [6.45, 7) is 2.34. The molecule has 0 radical (unpaired) electrons. The van der Waals surface area contributed by atoms with E-state index in [9.17, 15) is 9.59 Å². The summed E-state index contributed by atoms with van der Waals surface area (Å²) in [5.41, 5.74) is 2.06. The summed E-state index contributed by atoms with van der Waals surface area (Å²) in [5.74, 6) is -0.592. The number of urea groups is 1. The van der Waals surface area contributed by atoms with Gasteiger partial charge in [0.05, 0.1) is 25.3 Å². The van der Waals surface area contributed by atoms with Crippen LogP contribution >= 0.6 is 23.2 Å². The molecule has 0 saturated heterocycles. The molecule has 0 aromatic heterocycles. The molecule has 3 rings (SSSR count). The number of nitrogens with zero attached hydrogens (tertiary/aromatic N) is 2. The molecule has 1 N–H and O–H groups in total. The molecule has 28 heavy (non-hydrogen) atoms. The van der Waals surface area contributed by atoms with Crippen LogP contribution in [0.5, 0.6) is 0 Å². The Balaban J connectivity index is 1.79. The van der Waals surface area contributed by atoms with Gasteiger partial charge in [-0.2, -0.15) is 5.10 Å². The Morgan fingerprint density at radius 2 is 1.71 bits per heavy atom. The first kappa shape index (κ1) is 20.2. The van der Waals surface area contributed by atoms with Crippen LogP contribution in [-0.4, -0.2) is 35.9 Å². The zero-order valence-electron chi connectivity index (χ0n) is 15.2. The molecular weight excluding hydrogens is 401 g/mol. The van der Waals surface area contributed by atoms with Crippen molar-refractivity contribution in [2.45, 2.75) is 13.3 Å². The predicted octanol–water partition coefficient (Wildman–Crippen LogP) is 4.81. The average molecular weight is 420 g/mol. The number of amides is 2. The van der Waals surface area contributed by atoms with Crippen LogP contribution in [0.2, 0.25) is 10.0 Å². The molecule has 1 aliphatic heterocycles.